The number of anilines is 2. The number of para-hydroxylation sites is 1. The topological polar surface area (TPSA) is 43.2 Å². The Labute approximate surface area is 149 Å². The zero-order valence-electron chi connectivity index (χ0n) is 14.8. The van der Waals surface area contributed by atoms with E-state index < -0.39 is 0 Å². The summed E-state index contributed by atoms with van der Waals surface area (Å²) in [5.41, 5.74) is 5.52. The molecule has 128 valence electrons. The van der Waals surface area contributed by atoms with Gasteiger partial charge >= 0.3 is 0 Å². The summed E-state index contributed by atoms with van der Waals surface area (Å²) in [5, 5.41) is 9.13. The molecule has 1 aromatic heterocycles. The van der Waals surface area contributed by atoms with Gasteiger partial charge in [0.2, 0.25) is 0 Å². The van der Waals surface area contributed by atoms with Crippen LogP contribution in [0.1, 0.15) is 29.8 Å². The highest BCUT2D eigenvalue weighted by molar-refractivity contribution is 5.58. The lowest BCUT2D eigenvalue weighted by Crippen LogP contribution is -2.38. The Hall–Kier alpha value is -2.54. The Morgan fingerprint density at radius 2 is 1.96 bits per heavy atom. The second kappa shape index (κ2) is 6.76. The maximum Gasteiger partial charge on any atom is 0.142 e. The first-order chi connectivity index (χ1) is 12.2. The number of piperidine rings is 1. The summed E-state index contributed by atoms with van der Waals surface area (Å²) < 4.78 is 0. The van der Waals surface area contributed by atoms with Crippen LogP contribution < -0.4 is 9.80 Å². The van der Waals surface area contributed by atoms with Crippen LogP contribution >= 0.6 is 0 Å². The number of rotatable bonds is 3. The van der Waals surface area contributed by atoms with Crippen molar-refractivity contribution in [2.75, 3.05) is 36.0 Å². The molecule has 0 radical (unpaired) electrons. The fourth-order valence-electron chi connectivity index (χ4n) is 4.17. The summed E-state index contributed by atoms with van der Waals surface area (Å²) in [6.07, 6.45) is 3.60. The van der Waals surface area contributed by atoms with Gasteiger partial charge in [-0.05, 0) is 55.9 Å². The smallest absolute Gasteiger partial charge is 0.142 e. The number of hydrogen-bond acceptors (Lipinski definition) is 4. The minimum atomic E-state index is 0.519. The molecule has 0 bridgehead atoms. The molecule has 4 heteroatoms. The molecule has 1 saturated heterocycles. The Bertz CT molecular complexity index is 800. The third-order valence-corrected chi connectivity index (χ3v) is 5.49. The van der Waals surface area contributed by atoms with E-state index >= 15 is 0 Å². The molecule has 2 aliphatic heterocycles. The monoisotopic (exact) mass is 332 g/mol. The van der Waals surface area contributed by atoms with Crippen molar-refractivity contribution in [2.45, 2.75) is 26.2 Å². The Balaban J connectivity index is 1.38. The quantitative estimate of drug-likeness (QED) is 0.862. The maximum absolute atomic E-state index is 9.13. The largest absolute Gasteiger partial charge is 0.371 e. The molecule has 0 spiro atoms. The maximum atomic E-state index is 9.13. The molecule has 25 heavy (non-hydrogen) atoms. The van der Waals surface area contributed by atoms with Crippen molar-refractivity contribution in [3.05, 3.63) is 53.3 Å². The van der Waals surface area contributed by atoms with Crippen LogP contribution in [0.5, 0.6) is 0 Å². The van der Waals surface area contributed by atoms with E-state index in [-0.39, 0.29) is 0 Å². The number of hydrogen-bond donors (Lipinski definition) is 0. The molecular formula is C21H24N4. The molecular weight excluding hydrogens is 308 g/mol. The van der Waals surface area contributed by atoms with E-state index in [1.54, 1.807) is 0 Å². The number of aromatic nitrogens is 1. The van der Waals surface area contributed by atoms with Crippen molar-refractivity contribution in [3.8, 4) is 6.07 Å². The van der Waals surface area contributed by atoms with E-state index in [9.17, 15) is 0 Å². The van der Waals surface area contributed by atoms with Gasteiger partial charge in [-0.25, -0.2) is 4.98 Å². The second-order valence-corrected chi connectivity index (χ2v) is 7.22. The van der Waals surface area contributed by atoms with Crippen LogP contribution in [0, 0.1) is 24.2 Å². The Morgan fingerprint density at radius 1 is 1.16 bits per heavy atom. The lowest BCUT2D eigenvalue weighted by Gasteiger charge is -2.36. The number of benzene rings is 1. The number of nitrogens with zero attached hydrogens (tertiary/aromatic N) is 4. The third-order valence-electron chi connectivity index (χ3n) is 5.49. The van der Waals surface area contributed by atoms with Gasteiger partial charge in [0.15, 0.2) is 0 Å². The highest BCUT2D eigenvalue weighted by Crippen LogP contribution is 2.31. The van der Waals surface area contributed by atoms with Crippen LogP contribution in [0.15, 0.2) is 36.4 Å². The van der Waals surface area contributed by atoms with E-state index in [1.807, 2.05) is 13.0 Å². The van der Waals surface area contributed by atoms with E-state index in [0.717, 1.165) is 36.9 Å². The summed E-state index contributed by atoms with van der Waals surface area (Å²) in [4.78, 5) is 9.23. The molecule has 1 aromatic carbocycles. The van der Waals surface area contributed by atoms with Gasteiger partial charge < -0.3 is 9.80 Å². The molecule has 2 aromatic rings. The predicted octanol–water partition coefficient (Wildman–Crippen LogP) is 3.54. The van der Waals surface area contributed by atoms with E-state index in [0.29, 0.717) is 5.69 Å². The Kier molecular flexibility index (Phi) is 4.31. The van der Waals surface area contributed by atoms with Crippen LogP contribution in [-0.2, 0) is 6.42 Å². The number of aryl methyl sites for hydroxylation is 1. The van der Waals surface area contributed by atoms with Crippen LogP contribution in [0.4, 0.5) is 11.4 Å². The van der Waals surface area contributed by atoms with Crippen molar-refractivity contribution in [1.82, 2.24) is 4.98 Å². The minimum absolute atomic E-state index is 0.519. The number of nitriles is 1. The van der Waals surface area contributed by atoms with Gasteiger partial charge in [0.05, 0.1) is 0 Å². The van der Waals surface area contributed by atoms with E-state index in [2.05, 4.69) is 51.2 Å². The van der Waals surface area contributed by atoms with Gasteiger partial charge in [-0.1, -0.05) is 18.2 Å². The molecule has 1 fully saturated rings. The van der Waals surface area contributed by atoms with E-state index in [1.165, 1.54) is 37.1 Å². The zero-order chi connectivity index (χ0) is 17.2. The van der Waals surface area contributed by atoms with Crippen LogP contribution in [0.2, 0.25) is 0 Å². The average molecular weight is 332 g/mol. The summed E-state index contributed by atoms with van der Waals surface area (Å²) in [6, 6.07) is 15.0. The molecule has 4 nitrogen and oxygen atoms in total. The Morgan fingerprint density at radius 3 is 2.76 bits per heavy atom. The van der Waals surface area contributed by atoms with Crippen molar-refractivity contribution in [1.29, 1.82) is 5.26 Å². The standard InChI is InChI=1S/C21H24N4/c1-16-12-20(13-19(14-22)23-16)24-9-6-17(7-10-24)15-25-11-8-18-4-2-3-5-21(18)25/h2-5,12-13,17H,6-11,15H2,1H3. The third kappa shape index (κ3) is 3.32. The summed E-state index contributed by atoms with van der Waals surface area (Å²) in [5.74, 6) is 0.751. The summed E-state index contributed by atoms with van der Waals surface area (Å²) in [6.45, 7) is 6.42. The van der Waals surface area contributed by atoms with Crippen molar-refractivity contribution < 1.29 is 0 Å². The SMILES string of the molecule is Cc1cc(N2CCC(CN3CCc4ccccc43)CC2)cc(C#N)n1. The van der Waals surface area contributed by atoms with Gasteiger partial charge in [-0.2, -0.15) is 5.26 Å². The summed E-state index contributed by atoms with van der Waals surface area (Å²) >= 11 is 0. The van der Waals surface area contributed by atoms with Crippen LogP contribution in [0.3, 0.4) is 0 Å². The van der Waals surface area contributed by atoms with Gasteiger partial charge in [0.1, 0.15) is 11.8 Å². The van der Waals surface area contributed by atoms with Crippen molar-refractivity contribution in [3.63, 3.8) is 0 Å². The molecule has 2 aliphatic rings. The number of fused-ring (bicyclic) bond motifs is 1. The first kappa shape index (κ1) is 16.0. The first-order valence-electron chi connectivity index (χ1n) is 9.19. The summed E-state index contributed by atoms with van der Waals surface area (Å²) in [7, 11) is 0. The molecule has 0 atom stereocenters. The lowest BCUT2D eigenvalue weighted by molar-refractivity contribution is 0.405. The minimum Gasteiger partial charge on any atom is -0.371 e. The van der Waals surface area contributed by atoms with E-state index in [4.69, 9.17) is 5.26 Å². The highest BCUT2D eigenvalue weighted by Gasteiger charge is 2.25. The lowest BCUT2D eigenvalue weighted by atomic mass is 9.95. The molecule has 4 rings (SSSR count). The molecule has 0 aliphatic carbocycles. The molecule has 0 N–H and O–H groups in total. The fraction of sp³-hybridized carbons (Fsp3) is 0.429. The van der Waals surface area contributed by atoms with Gasteiger partial charge in [0, 0.05) is 43.2 Å². The second-order valence-electron chi connectivity index (χ2n) is 7.22. The molecule has 0 unspecified atom stereocenters. The number of pyridine rings is 1. The fourth-order valence-corrected chi connectivity index (χ4v) is 4.17. The molecule has 0 saturated carbocycles. The van der Waals surface area contributed by atoms with Crippen LogP contribution in [-0.4, -0.2) is 31.2 Å². The normalized spacial score (nSPS) is 17.4. The molecule has 0 amide bonds. The zero-order valence-corrected chi connectivity index (χ0v) is 14.8. The molecule has 3 heterocycles. The van der Waals surface area contributed by atoms with Gasteiger partial charge in [0.25, 0.3) is 0 Å². The first-order valence-corrected chi connectivity index (χ1v) is 9.19. The average Bonchev–Trinajstić information content (AvgIpc) is 3.05. The van der Waals surface area contributed by atoms with Gasteiger partial charge in [-0.3, -0.25) is 0 Å². The van der Waals surface area contributed by atoms with Crippen molar-refractivity contribution in [2.24, 2.45) is 5.92 Å². The van der Waals surface area contributed by atoms with Gasteiger partial charge in [-0.15, -0.1) is 0 Å². The van der Waals surface area contributed by atoms with Crippen LogP contribution in [0.25, 0.3) is 0 Å². The van der Waals surface area contributed by atoms with Crippen molar-refractivity contribution >= 4 is 11.4 Å². The predicted molar refractivity (Wildman–Crippen MR) is 101 cm³/mol. The highest BCUT2D eigenvalue weighted by atomic mass is 15.2.